The maximum atomic E-state index is 10.8. The van der Waals surface area contributed by atoms with Gasteiger partial charge in [-0.25, -0.2) is 0 Å². The number of carboxylic acids is 1. The van der Waals surface area contributed by atoms with Crippen LogP contribution in [0.4, 0.5) is 0 Å². The zero-order valence-electron chi connectivity index (χ0n) is 8.55. The molecule has 0 aromatic rings. The molecule has 0 aliphatic carbocycles. The van der Waals surface area contributed by atoms with Crippen molar-refractivity contribution in [2.45, 2.75) is 40.2 Å². The Kier molecular flexibility index (Phi) is 3.91. The Labute approximate surface area is 78.3 Å². The highest BCUT2D eigenvalue weighted by atomic mass is 16.4. The van der Waals surface area contributed by atoms with E-state index in [0.29, 0.717) is 0 Å². The van der Waals surface area contributed by atoms with Gasteiger partial charge in [0.05, 0.1) is 6.42 Å². The first-order chi connectivity index (χ1) is 5.73. The van der Waals surface area contributed by atoms with Crippen LogP contribution in [-0.2, 0) is 9.59 Å². The predicted molar refractivity (Wildman–Crippen MR) is 49.3 cm³/mol. The van der Waals surface area contributed by atoms with Crippen molar-refractivity contribution in [1.29, 1.82) is 0 Å². The van der Waals surface area contributed by atoms with E-state index in [1.54, 1.807) is 0 Å². The number of hydrogen-bond donors (Lipinski definition) is 2. The Morgan fingerprint density at radius 2 is 1.85 bits per heavy atom. The highest BCUT2D eigenvalue weighted by Gasteiger charge is 2.27. The van der Waals surface area contributed by atoms with Crippen molar-refractivity contribution in [1.82, 2.24) is 5.32 Å². The first-order valence-electron chi connectivity index (χ1n) is 4.22. The first kappa shape index (κ1) is 11.9. The van der Waals surface area contributed by atoms with Gasteiger partial charge < -0.3 is 10.4 Å². The fourth-order valence-corrected chi connectivity index (χ4v) is 0.994. The summed E-state index contributed by atoms with van der Waals surface area (Å²) in [6.07, 6.45) is -0.0386. The molecule has 0 aliphatic rings. The van der Waals surface area contributed by atoms with Gasteiger partial charge in [-0.2, -0.15) is 0 Å². The molecule has 4 nitrogen and oxygen atoms in total. The number of carbonyl (C=O) groups excluding carboxylic acids is 1. The van der Waals surface area contributed by atoms with Gasteiger partial charge in [0.25, 0.3) is 0 Å². The number of rotatable bonds is 3. The Morgan fingerprint density at radius 3 is 2.08 bits per heavy atom. The minimum Gasteiger partial charge on any atom is -0.481 e. The number of carboxylic acid groups (broad SMARTS) is 1. The third-order valence-corrected chi connectivity index (χ3v) is 1.80. The van der Waals surface area contributed by atoms with Crippen LogP contribution in [0, 0.1) is 5.41 Å². The van der Waals surface area contributed by atoms with Crippen LogP contribution >= 0.6 is 0 Å². The molecule has 0 fully saturated rings. The van der Waals surface area contributed by atoms with E-state index in [1.165, 1.54) is 6.92 Å². The molecule has 0 aromatic carbocycles. The summed E-state index contributed by atoms with van der Waals surface area (Å²) in [4.78, 5) is 21.3. The minimum absolute atomic E-state index is 0.0386. The molecule has 0 aromatic heterocycles. The summed E-state index contributed by atoms with van der Waals surface area (Å²) in [7, 11) is 0. The second-order valence-electron chi connectivity index (χ2n) is 4.22. The van der Waals surface area contributed by atoms with Crippen molar-refractivity contribution in [3.63, 3.8) is 0 Å². The van der Waals surface area contributed by atoms with Gasteiger partial charge >= 0.3 is 5.97 Å². The molecule has 13 heavy (non-hydrogen) atoms. The molecule has 0 saturated heterocycles. The quantitative estimate of drug-likeness (QED) is 0.693. The Bertz CT molecular complexity index is 189. The zero-order valence-corrected chi connectivity index (χ0v) is 8.55. The molecule has 76 valence electrons. The Hall–Kier alpha value is -1.06. The van der Waals surface area contributed by atoms with Crippen LogP contribution in [0.1, 0.15) is 34.1 Å². The van der Waals surface area contributed by atoms with E-state index in [9.17, 15) is 9.59 Å². The molecular weight excluding hydrogens is 170 g/mol. The largest absolute Gasteiger partial charge is 0.481 e. The topological polar surface area (TPSA) is 66.4 Å². The molecule has 2 N–H and O–H groups in total. The van der Waals surface area contributed by atoms with E-state index in [1.807, 2.05) is 20.8 Å². The lowest BCUT2D eigenvalue weighted by atomic mass is 9.85. The van der Waals surface area contributed by atoms with Crippen molar-refractivity contribution < 1.29 is 14.7 Å². The van der Waals surface area contributed by atoms with Gasteiger partial charge in [-0.1, -0.05) is 20.8 Å². The third kappa shape index (κ3) is 5.22. The third-order valence-electron chi connectivity index (χ3n) is 1.80. The maximum Gasteiger partial charge on any atom is 0.305 e. The minimum atomic E-state index is -0.895. The van der Waals surface area contributed by atoms with E-state index < -0.39 is 5.97 Å². The Balaban J connectivity index is 4.37. The molecule has 4 heteroatoms. The van der Waals surface area contributed by atoms with Gasteiger partial charge in [-0.05, 0) is 5.41 Å². The van der Waals surface area contributed by atoms with E-state index >= 15 is 0 Å². The van der Waals surface area contributed by atoms with Crippen LogP contribution < -0.4 is 5.32 Å². The average Bonchev–Trinajstić information content (AvgIpc) is 1.81. The smallest absolute Gasteiger partial charge is 0.305 e. The van der Waals surface area contributed by atoms with Crippen LogP contribution in [-0.4, -0.2) is 23.0 Å². The van der Waals surface area contributed by atoms with Crippen LogP contribution in [0.2, 0.25) is 0 Å². The zero-order chi connectivity index (χ0) is 10.6. The Morgan fingerprint density at radius 1 is 1.38 bits per heavy atom. The van der Waals surface area contributed by atoms with Crippen molar-refractivity contribution >= 4 is 11.9 Å². The fraction of sp³-hybridized carbons (Fsp3) is 0.778. The molecule has 0 saturated carbocycles. The fourth-order valence-electron chi connectivity index (χ4n) is 0.994. The molecule has 0 heterocycles. The normalized spacial score (nSPS) is 13.5. The van der Waals surface area contributed by atoms with E-state index in [0.717, 1.165) is 0 Å². The van der Waals surface area contributed by atoms with E-state index in [2.05, 4.69) is 5.32 Å². The number of hydrogen-bond acceptors (Lipinski definition) is 2. The molecule has 1 amide bonds. The van der Waals surface area contributed by atoms with Gasteiger partial charge in [0.15, 0.2) is 0 Å². The monoisotopic (exact) mass is 187 g/mol. The van der Waals surface area contributed by atoms with Gasteiger partial charge in [0.1, 0.15) is 0 Å². The number of carbonyl (C=O) groups is 2. The number of nitrogens with one attached hydrogen (secondary N) is 1. The van der Waals surface area contributed by atoms with Crippen molar-refractivity contribution in [2.75, 3.05) is 0 Å². The molecule has 1 unspecified atom stereocenters. The highest BCUT2D eigenvalue weighted by molar-refractivity contribution is 5.75. The summed E-state index contributed by atoms with van der Waals surface area (Å²) in [5.41, 5.74) is -0.232. The molecule has 0 rings (SSSR count). The lowest BCUT2D eigenvalue weighted by Crippen LogP contribution is -2.44. The maximum absolute atomic E-state index is 10.8. The van der Waals surface area contributed by atoms with Crippen LogP contribution in [0.25, 0.3) is 0 Å². The van der Waals surface area contributed by atoms with Crippen molar-refractivity contribution in [3.8, 4) is 0 Å². The molecule has 0 radical (unpaired) electrons. The predicted octanol–water partition coefficient (Wildman–Crippen LogP) is 1.01. The van der Waals surface area contributed by atoms with Crippen LogP contribution in [0.5, 0.6) is 0 Å². The lowest BCUT2D eigenvalue weighted by Gasteiger charge is -2.29. The second kappa shape index (κ2) is 4.25. The van der Waals surface area contributed by atoms with Crippen LogP contribution in [0.15, 0.2) is 0 Å². The summed E-state index contributed by atoms with van der Waals surface area (Å²) < 4.78 is 0. The SMILES string of the molecule is CC(=O)NC(CC(=O)O)C(C)(C)C. The van der Waals surface area contributed by atoms with Gasteiger partial charge in [0, 0.05) is 13.0 Å². The lowest BCUT2D eigenvalue weighted by molar-refractivity contribution is -0.138. The summed E-state index contributed by atoms with van der Waals surface area (Å²) in [6.45, 7) is 7.09. The molecule has 0 bridgehead atoms. The van der Waals surface area contributed by atoms with Crippen LogP contribution in [0.3, 0.4) is 0 Å². The summed E-state index contributed by atoms with van der Waals surface area (Å²) in [6, 6.07) is -0.317. The highest BCUT2D eigenvalue weighted by Crippen LogP contribution is 2.21. The molecular formula is C9H17NO3. The number of amides is 1. The summed E-state index contributed by atoms with van der Waals surface area (Å²) in [5, 5.41) is 11.2. The van der Waals surface area contributed by atoms with Crippen molar-refractivity contribution in [3.05, 3.63) is 0 Å². The molecule has 0 spiro atoms. The van der Waals surface area contributed by atoms with E-state index in [4.69, 9.17) is 5.11 Å². The average molecular weight is 187 g/mol. The van der Waals surface area contributed by atoms with E-state index in [-0.39, 0.29) is 23.8 Å². The molecule has 1 atom stereocenters. The summed E-state index contributed by atoms with van der Waals surface area (Å²) in [5.74, 6) is -1.09. The van der Waals surface area contributed by atoms with Gasteiger partial charge in [0.2, 0.25) is 5.91 Å². The second-order valence-corrected chi connectivity index (χ2v) is 4.22. The first-order valence-corrected chi connectivity index (χ1v) is 4.22. The van der Waals surface area contributed by atoms with Gasteiger partial charge in [-0.3, -0.25) is 9.59 Å². The number of aliphatic carboxylic acids is 1. The summed E-state index contributed by atoms with van der Waals surface area (Å²) >= 11 is 0. The standard InChI is InChI=1S/C9H17NO3/c1-6(11)10-7(5-8(12)13)9(2,3)4/h7H,5H2,1-4H3,(H,10,11)(H,12,13). The van der Waals surface area contributed by atoms with Gasteiger partial charge in [-0.15, -0.1) is 0 Å². The molecule has 0 aliphatic heterocycles. The van der Waals surface area contributed by atoms with Crippen molar-refractivity contribution in [2.24, 2.45) is 5.41 Å².